The fourth-order valence-electron chi connectivity index (χ4n) is 0.532. The first-order valence-corrected chi connectivity index (χ1v) is 5.17. The van der Waals surface area contributed by atoms with Crippen molar-refractivity contribution in [3.05, 3.63) is 0 Å². The smallest absolute Gasteiger partial charge is 0.134 e. The molecular weight excluding hydrogens is 188 g/mol. The summed E-state index contributed by atoms with van der Waals surface area (Å²) in [6.45, 7) is 6.18. The Hall–Kier alpha value is -0.270. The lowest BCUT2D eigenvalue weighted by atomic mass is 10.1. The highest BCUT2D eigenvalue weighted by Crippen LogP contribution is 2.08. The lowest BCUT2D eigenvalue weighted by molar-refractivity contribution is 0.519. The molecule has 0 spiro atoms. The van der Waals surface area contributed by atoms with Crippen LogP contribution >= 0.6 is 24.0 Å². The average molecular weight is 202 g/mol. The molecule has 4 heteroatoms. The fraction of sp³-hybridized carbons (Fsp3) is 0.750. The predicted octanol–water partition coefficient (Wildman–Crippen LogP) is 2.31. The minimum absolute atomic E-state index is 0.0245. The Morgan fingerprint density at radius 2 is 2.17 bits per heavy atom. The van der Waals surface area contributed by atoms with Crippen molar-refractivity contribution in [2.24, 2.45) is 0 Å². The Morgan fingerprint density at radius 3 is 2.58 bits per heavy atom. The zero-order chi connectivity index (χ0) is 9.61. The van der Waals surface area contributed by atoms with E-state index >= 15 is 0 Å². The van der Waals surface area contributed by atoms with Crippen LogP contribution in [-0.4, -0.2) is 15.6 Å². The Balaban J connectivity index is 3.56. The zero-order valence-corrected chi connectivity index (χ0v) is 9.31. The van der Waals surface area contributed by atoms with Crippen molar-refractivity contribution in [1.82, 2.24) is 5.32 Å². The summed E-state index contributed by atoms with van der Waals surface area (Å²) >= 11 is 6.58. The zero-order valence-electron chi connectivity index (χ0n) is 7.68. The van der Waals surface area contributed by atoms with Crippen LogP contribution in [0.2, 0.25) is 0 Å². The SMILES string of the molecule is CC(C)(C)NC(=S)SCCC#N. The highest BCUT2D eigenvalue weighted by atomic mass is 32.2. The van der Waals surface area contributed by atoms with Gasteiger partial charge in [0.25, 0.3) is 0 Å². The molecular formula is C8H14N2S2. The summed E-state index contributed by atoms with van der Waals surface area (Å²) in [5.74, 6) is 0.776. The third kappa shape index (κ3) is 7.83. The van der Waals surface area contributed by atoms with Gasteiger partial charge in [-0.15, -0.1) is 0 Å². The molecule has 0 aromatic carbocycles. The van der Waals surface area contributed by atoms with Crippen LogP contribution in [0, 0.1) is 11.3 Å². The lowest BCUT2D eigenvalue weighted by Gasteiger charge is -2.21. The monoisotopic (exact) mass is 202 g/mol. The molecule has 0 rings (SSSR count). The number of nitrogens with one attached hydrogen (secondary N) is 1. The quantitative estimate of drug-likeness (QED) is 0.550. The number of hydrogen-bond donors (Lipinski definition) is 1. The number of thiocarbonyl (C=S) groups is 1. The number of nitriles is 1. The largest absolute Gasteiger partial charge is 0.366 e. The summed E-state index contributed by atoms with van der Waals surface area (Å²) in [5, 5.41) is 11.4. The van der Waals surface area contributed by atoms with Gasteiger partial charge in [-0.05, 0) is 20.8 Å². The first kappa shape index (κ1) is 11.7. The van der Waals surface area contributed by atoms with E-state index in [0.29, 0.717) is 6.42 Å². The molecule has 0 unspecified atom stereocenters. The molecule has 0 aliphatic heterocycles. The van der Waals surface area contributed by atoms with Crippen LogP contribution in [0.25, 0.3) is 0 Å². The van der Waals surface area contributed by atoms with E-state index in [9.17, 15) is 0 Å². The molecule has 0 radical (unpaired) electrons. The minimum atomic E-state index is 0.0245. The third-order valence-corrected chi connectivity index (χ3v) is 2.15. The maximum Gasteiger partial charge on any atom is 0.134 e. The minimum Gasteiger partial charge on any atom is -0.366 e. The molecule has 0 atom stereocenters. The van der Waals surface area contributed by atoms with Gasteiger partial charge in [-0.1, -0.05) is 24.0 Å². The van der Waals surface area contributed by atoms with Gasteiger partial charge in [0.2, 0.25) is 0 Å². The highest BCUT2D eigenvalue weighted by molar-refractivity contribution is 8.22. The summed E-state index contributed by atoms with van der Waals surface area (Å²) in [4.78, 5) is 0. The summed E-state index contributed by atoms with van der Waals surface area (Å²) in [6, 6.07) is 2.08. The second-order valence-electron chi connectivity index (χ2n) is 3.42. The van der Waals surface area contributed by atoms with Gasteiger partial charge in [-0.25, -0.2) is 0 Å². The van der Waals surface area contributed by atoms with Crippen LogP contribution in [-0.2, 0) is 0 Å². The van der Waals surface area contributed by atoms with Crippen LogP contribution in [0.4, 0.5) is 0 Å². The van der Waals surface area contributed by atoms with Gasteiger partial charge < -0.3 is 5.32 Å². The van der Waals surface area contributed by atoms with Gasteiger partial charge in [-0.3, -0.25) is 0 Å². The molecule has 68 valence electrons. The van der Waals surface area contributed by atoms with E-state index in [1.54, 1.807) is 0 Å². The van der Waals surface area contributed by atoms with Crippen LogP contribution < -0.4 is 5.32 Å². The highest BCUT2D eigenvalue weighted by Gasteiger charge is 2.10. The molecule has 0 aromatic rings. The van der Waals surface area contributed by atoms with Gasteiger partial charge in [0, 0.05) is 17.7 Å². The van der Waals surface area contributed by atoms with Crippen LogP contribution in [0.1, 0.15) is 27.2 Å². The molecule has 0 amide bonds. The van der Waals surface area contributed by atoms with E-state index in [2.05, 4.69) is 32.2 Å². The molecule has 0 aromatic heterocycles. The summed E-state index contributed by atoms with van der Waals surface area (Å²) in [5.41, 5.74) is 0.0245. The third-order valence-electron chi connectivity index (χ3n) is 0.924. The molecule has 0 heterocycles. The van der Waals surface area contributed by atoms with E-state index < -0.39 is 0 Å². The van der Waals surface area contributed by atoms with Crippen molar-refractivity contribution in [1.29, 1.82) is 5.26 Å². The van der Waals surface area contributed by atoms with Gasteiger partial charge in [0.1, 0.15) is 4.32 Å². The van der Waals surface area contributed by atoms with Crippen molar-refractivity contribution < 1.29 is 0 Å². The topological polar surface area (TPSA) is 35.8 Å². The molecule has 0 fully saturated rings. The standard InChI is InChI=1S/C8H14N2S2/c1-8(2,3)10-7(11)12-6-4-5-9/h4,6H2,1-3H3,(H,10,11). The maximum absolute atomic E-state index is 8.28. The Kier molecular flexibility index (Phi) is 5.27. The number of thioether (sulfide) groups is 1. The molecule has 2 nitrogen and oxygen atoms in total. The normalized spacial score (nSPS) is 10.5. The average Bonchev–Trinajstić information content (AvgIpc) is 1.84. The first-order chi connectivity index (χ1) is 5.45. The predicted molar refractivity (Wildman–Crippen MR) is 58.2 cm³/mol. The van der Waals surface area contributed by atoms with Gasteiger partial charge in [0.15, 0.2) is 0 Å². The van der Waals surface area contributed by atoms with E-state index in [4.69, 9.17) is 17.5 Å². The summed E-state index contributed by atoms with van der Waals surface area (Å²) in [6.07, 6.45) is 0.552. The lowest BCUT2D eigenvalue weighted by Crippen LogP contribution is -2.38. The van der Waals surface area contributed by atoms with Crippen molar-refractivity contribution in [3.8, 4) is 6.07 Å². The van der Waals surface area contributed by atoms with Gasteiger partial charge >= 0.3 is 0 Å². The molecule has 1 N–H and O–H groups in total. The Morgan fingerprint density at radius 1 is 1.58 bits per heavy atom. The van der Waals surface area contributed by atoms with Crippen molar-refractivity contribution in [2.45, 2.75) is 32.7 Å². The first-order valence-electron chi connectivity index (χ1n) is 3.77. The second-order valence-corrected chi connectivity index (χ2v) is 5.19. The van der Waals surface area contributed by atoms with Crippen LogP contribution in [0.15, 0.2) is 0 Å². The van der Waals surface area contributed by atoms with Crippen molar-refractivity contribution >= 4 is 28.3 Å². The summed E-state index contributed by atoms with van der Waals surface area (Å²) < 4.78 is 0.776. The molecule has 0 aliphatic carbocycles. The fourth-order valence-corrected chi connectivity index (χ4v) is 1.84. The molecule has 0 saturated heterocycles. The Labute approximate surface area is 83.7 Å². The van der Waals surface area contributed by atoms with E-state index in [1.807, 2.05) is 0 Å². The van der Waals surface area contributed by atoms with Gasteiger partial charge in [-0.2, -0.15) is 5.26 Å². The van der Waals surface area contributed by atoms with E-state index in [1.165, 1.54) is 11.8 Å². The van der Waals surface area contributed by atoms with E-state index in [-0.39, 0.29) is 5.54 Å². The maximum atomic E-state index is 8.28. The van der Waals surface area contributed by atoms with Crippen molar-refractivity contribution in [3.63, 3.8) is 0 Å². The molecule has 0 bridgehead atoms. The summed E-state index contributed by atoms with van der Waals surface area (Å²) in [7, 11) is 0. The number of nitrogens with zero attached hydrogens (tertiary/aromatic N) is 1. The number of hydrogen-bond acceptors (Lipinski definition) is 3. The molecule has 0 saturated carbocycles. The van der Waals surface area contributed by atoms with Crippen LogP contribution in [0.3, 0.4) is 0 Å². The second kappa shape index (κ2) is 5.39. The van der Waals surface area contributed by atoms with Crippen LogP contribution in [0.5, 0.6) is 0 Å². The van der Waals surface area contributed by atoms with E-state index in [0.717, 1.165) is 10.1 Å². The number of rotatable bonds is 2. The molecule has 0 aliphatic rings. The van der Waals surface area contributed by atoms with Crippen molar-refractivity contribution in [2.75, 3.05) is 5.75 Å². The molecule has 12 heavy (non-hydrogen) atoms. The van der Waals surface area contributed by atoms with Gasteiger partial charge in [0.05, 0.1) is 6.07 Å². The Bertz CT molecular complexity index is 188.